The van der Waals surface area contributed by atoms with E-state index < -0.39 is 5.82 Å². The predicted molar refractivity (Wildman–Crippen MR) is 75.9 cm³/mol. The second-order valence-electron chi connectivity index (χ2n) is 4.20. The molecule has 0 aliphatic rings. The summed E-state index contributed by atoms with van der Waals surface area (Å²) in [5.41, 5.74) is 1.44. The van der Waals surface area contributed by atoms with Crippen molar-refractivity contribution in [1.82, 2.24) is 0 Å². The zero-order valence-corrected chi connectivity index (χ0v) is 11.1. The third-order valence-corrected chi connectivity index (χ3v) is 2.70. The highest BCUT2D eigenvalue weighted by atomic mass is 19.1. The molecular weight excluding hydrogens is 269 g/mol. The molecule has 104 valence electrons. The molecule has 0 heterocycles. The molecule has 2 rings (SSSR count). The number of rotatable bonds is 3. The number of ether oxygens (including phenoxy) is 1. The average molecular weight is 281 g/mol. The number of aliphatic hydroxyl groups excluding tert-OH is 1. The standard InChI is InChI=1S/C17H12FNO2/c18-17-7-6-14(9-15(17)11-19)12-21-16-5-1-3-13(10-16)4-2-8-20/h1,3,5-7,9-10,20H,8,12H2. The van der Waals surface area contributed by atoms with E-state index in [0.717, 1.165) is 5.56 Å². The summed E-state index contributed by atoms with van der Waals surface area (Å²) >= 11 is 0. The first kappa shape index (κ1) is 14.6. The second-order valence-corrected chi connectivity index (χ2v) is 4.20. The lowest BCUT2D eigenvalue weighted by Gasteiger charge is -2.07. The Balaban J connectivity index is 2.08. The van der Waals surface area contributed by atoms with Gasteiger partial charge in [-0.3, -0.25) is 0 Å². The zero-order chi connectivity index (χ0) is 15.1. The van der Waals surface area contributed by atoms with Crippen LogP contribution in [0, 0.1) is 29.0 Å². The van der Waals surface area contributed by atoms with Gasteiger partial charge in [-0.2, -0.15) is 5.26 Å². The van der Waals surface area contributed by atoms with E-state index in [-0.39, 0.29) is 18.8 Å². The van der Waals surface area contributed by atoms with Crippen LogP contribution in [-0.2, 0) is 6.61 Å². The van der Waals surface area contributed by atoms with Gasteiger partial charge >= 0.3 is 0 Å². The van der Waals surface area contributed by atoms with E-state index in [4.69, 9.17) is 15.1 Å². The van der Waals surface area contributed by atoms with Crippen LogP contribution in [0.15, 0.2) is 42.5 Å². The molecule has 0 aromatic heterocycles. The smallest absolute Gasteiger partial charge is 0.140 e. The highest BCUT2D eigenvalue weighted by Gasteiger charge is 2.03. The molecule has 3 nitrogen and oxygen atoms in total. The predicted octanol–water partition coefficient (Wildman–Crippen LogP) is 2.62. The van der Waals surface area contributed by atoms with E-state index in [9.17, 15) is 4.39 Å². The largest absolute Gasteiger partial charge is 0.489 e. The second kappa shape index (κ2) is 7.09. The maximum atomic E-state index is 13.2. The summed E-state index contributed by atoms with van der Waals surface area (Å²) in [6.45, 7) is 0.0312. The summed E-state index contributed by atoms with van der Waals surface area (Å²) in [6.07, 6.45) is 0. The molecule has 21 heavy (non-hydrogen) atoms. The number of hydrogen-bond acceptors (Lipinski definition) is 3. The lowest BCUT2D eigenvalue weighted by molar-refractivity contribution is 0.306. The van der Waals surface area contributed by atoms with Gasteiger partial charge in [-0.15, -0.1) is 0 Å². The molecule has 1 N–H and O–H groups in total. The minimum absolute atomic E-state index is 0.00124. The fraction of sp³-hybridized carbons (Fsp3) is 0.118. The van der Waals surface area contributed by atoms with Gasteiger partial charge in [0.2, 0.25) is 0 Å². The van der Waals surface area contributed by atoms with Crippen LogP contribution < -0.4 is 4.74 Å². The molecule has 0 saturated heterocycles. The number of aliphatic hydroxyl groups is 1. The van der Waals surface area contributed by atoms with Crippen LogP contribution in [0.3, 0.4) is 0 Å². The van der Waals surface area contributed by atoms with Crippen LogP contribution in [0.2, 0.25) is 0 Å². The quantitative estimate of drug-likeness (QED) is 0.880. The van der Waals surface area contributed by atoms with Gasteiger partial charge in [-0.1, -0.05) is 24.0 Å². The fourth-order valence-electron chi connectivity index (χ4n) is 1.72. The lowest BCUT2D eigenvalue weighted by atomic mass is 10.1. The summed E-state index contributed by atoms with van der Waals surface area (Å²) in [5, 5.41) is 17.4. The lowest BCUT2D eigenvalue weighted by Crippen LogP contribution is -1.97. The molecule has 0 aliphatic heterocycles. The molecule has 4 heteroatoms. The van der Waals surface area contributed by atoms with Crippen molar-refractivity contribution in [2.75, 3.05) is 6.61 Å². The van der Waals surface area contributed by atoms with Gasteiger partial charge in [0.15, 0.2) is 0 Å². The zero-order valence-electron chi connectivity index (χ0n) is 11.1. The SMILES string of the molecule is N#Cc1cc(COc2cccc(C#CCO)c2)ccc1F. The van der Waals surface area contributed by atoms with Crippen molar-refractivity contribution in [3.05, 3.63) is 65.0 Å². The monoisotopic (exact) mass is 281 g/mol. The molecule has 2 aromatic rings. The van der Waals surface area contributed by atoms with Crippen LogP contribution in [0.5, 0.6) is 5.75 Å². The third-order valence-electron chi connectivity index (χ3n) is 2.70. The maximum absolute atomic E-state index is 13.2. The molecular formula is C17H12FNO2. The van der Waals surface area contributed by atoms with Crippen LogP contribution >= 0.6 is 0 Å². The topological polar surface area (TPSA) is 53.2 Å². The number of halogens is 1. The van der Waals surface area contributed by atoms with Gasteiger partial charge in [0.05, 0.1) is 5.56 Å². The first-order chi connectivity index (χ1) is 10.2. The maximum Gasteiger partial charge on any atom is 0.140 e. The van der Waals surface area contributed by atoms with Gasteiger partial charge < -0.3 is 9.84 Å². The molecule has 0 amide bonds. The summed E-state index contributed by atoms with van der Waals surface area (Å²) < 4.78 is 18.8. The Kier molecular flexibility index (Phi) is 4.93. The molecule has 0 atom stereocenters. The average Bonchev–Trinajstić information content (AvgIpc) is 2.52. The summed E-state index contributed by atoms with van der Waals surface area (Å²) in [7, 11) is 0. The summed E-state index contributed by atoms with van der Waals surface area (Å²) in [4.78, 5) is 0. The molecule has 0 bridgehead atoms. The Morgan fingerprint density at radius 1 is 1.19 bits per heavy atom. The Morgan fingerprint density at radius 2 is 2.05 bits per heavy atom. The van der Waals surface area contributed by atoms with E-state index in [1.54, 1.807) is 36.4 Å². The Hall–Kier alpha value is -2.82. The Labute approximate surface area is 122 Å². The first-order valence-corrected chi connectivity index (χ1v) is 6.24. The Morgan fingerprint density at radius 3 is 2.81 bits per heavy atom. The van der Waals surface area contributed by atoms with Crippen molar-refractivity contribution in [1.29, 1.82) is 5.26 Å². The van der Waals surface area contributed by atoms with Gasteiger partial charge in [-0.25, -0.2) is 4.39 Å². The van der Waals surface area contributed by atoms with E-state index in [2.05, 4.69) is 11.8 Å². The molecule has 2 aromatic carbocycles. The highest BCUT2D eigenvalue weighted by molar-refractivity contribution is 5.40. The van der Waals surface area contributed by atoms with E-state index >= 15 is 0 Å². The molecule has 0 spiro atoms. The van der Waals surface area contributed by atoms with E-state index in [0.29, 0.717) is 11.3 Å². The molecule has 0 radical (unpaired) electrons. The first-order valence-electron chi connectivity index (χ1n) is 6.24. The van der Waals surface area contributed by atoms with Crippen molar-refractivity contribution in [3.8, 4) is 23.7 Å². The third kappa shape index (κ3) is 4.07. The number of hydrogen-bond donors (Lipinski definition) is 1. The van der Waals surface area contributed by atoms with Crippen molar-refractivity contribution in [2.45, 2.75) is 6.61 Å². The van der Waals surface area contributed by atoms with Crippen LogP contribution in [0.4, 0.5) is 4.39 Å². The van der Waals surface area contributed by atoms with E-state index in [1.165, 1.54) is 12.1 Å². The van der Waals surface area contributed by atoms with Crippen molar-refractivity contribution < 1.29 is 14.2 Å². The normalized spacial score (nSPS) is 9.38. The van der Waals surface area contributed by atoms with Crippen LogP contribution in [-0.4, -0.2) is 11.7 Å². The Bertz CT molecular complexity index is 738. The fourth-order valence-corrected chi connectivity index (χ4v) is 1.72. The summed E-state index contributed by atoms with van der Waals surface area (Å²) in [6, 6.07) is 13.2. The number of benzene rings is 2. The van der Waals surface area contributed by atoms with Crippen molar-refractivity contribution >= 4 is 0 Å². The van der Waals surface area contributed by atoms with Gasteiger partial charge in [-0.05, 0) is 35.9 Å². The molecule has 0 saturated carbocycles. The highest BCUT2D eigenvalue weighted by Crippen LogP contribution is 2.16. The minimum atomic E-state index is -0.539. The van der Waals surface area contributed by atoms with Gasteiger partial charge in [0.1, 0.15) is 30.8 Å². The minimum Gasteiger partial charge on any atom is -0.489 e. The molecule has 0 fully saturated rings. The number of nitriles is 1. The van der Waals surface area contributed by atoms with Crippen molar-refractivity contribution in [2.24, 2.45) is 0 Å². The van der Waals surface area contributed by atoms with Crippen LogP contribution in [0.25, 0.3) is 0 Å². The molecule has 0 aliphatic carbocycles. The van der Waals surface area contributed by atoms with E-state index in [1.807, 2.05) is 0 Å². The van der Waals surface area contributed by atoms with Gasteiger partial charge in [0.25, 0.3) is 0 Å². The number of nitrogens with zero attached hydrogens (tertiary/aromatic N) is 1. The van der Waals surface area contributed by atoms with Crippen LogP contribution in [0.1, 0.15) is 16.7 Å². The van der Waals surface area contributed by atoms with Crippen molar-refractivity contribution in [3.63, 3.8) is 0 Å². The van der Waals surface area contributed by atoms with Gasteiger partial charge in [0, 0.05) is 5.56 Å². The summed E-state index contributed by atoms with van der Waals surface area (Å²) in [5.74, 6) is 5.42. The molecule has 0 unspecified atom stereocenters.